The normalized spacial score (nSPS) is 15.7. The van der Waals surface area contributed by atoms with Gasteiger partial charge in [-0.3, -0.25) is 9.88 Å². The zero-order valence-corrected chi connectivity index (χ0v) is 16.2. The average molecular weight is 367 g/mol. The first-order valence-corrected chi connectivity index (χ1v) is 9.71. The lowest BCUT2D eigenvalue weighted by Crippen LogP contribution is -2.35. The number of hydrogen-bond acceptors (Lipinski definition) is 5. The second-order valence-electron chi connectivity index (χ2n) is 6.81. The zero-order chi connectivity index (χ0) is 18.9. The summed E-state index contributed by atoms with van der Waals surface area (Å²) >= 11 is 0. The van der Waals surface area contributed by atoms with Crippen LogP contribution < -0.4 is 11.1 Å². The van der Waals surface area contributed by atoms with Gasteiger partial charge >= 0.3 is 0 Å². The van der Waals surface area contributed by atoms with Gasteiger partial charge in [0.1, 0.15) is 0 Å². The number of nitrogens with zero attached hydrogens (tertiary/aromatic N) is 2. The molecule has 0 unspecified atom stereocenters. The summed E-state index contributed by atoms with van der Waals surface area (Å²) in [6.07, 6.45) is 6.77. The molecule has 1 aromatic heterocycles. The molecule has 144 valence electrons. The summed E-state index contributed by atoms with van der Waals surface area (Å²) in [5.74, 6) is 0. The number of hydrogen-bond donors (Lipinski definition) is 2. The Kier molecular flexibility index (Phi) is 7.39. The van der Waals surface area contributed by atoms with Crippen LogP contribution in [0.5, 0.6) is 0 Å². The fourth-order valence-electron chi connectivity index (χ4n) is 3.41. The summed E-state index contributed by atoms with van der Waals surface area (Å²) in [5.41, 5.74) is 12.0. The molecule has 2 aromatic rings. The predicted molar refractivity (Wildman–Crippen MR) is 112 cm³/mol. The van der Waals surface area contributed by atoms with Gasteiger partial charge in [-0.25, -0.2) is 0 Å². The molecule has 0 atom stereocenters. The van der Waals surface area contributed by atoms with E-state index in [4.69, 9.17) is 10.5 Å². The molecule has 1 aliphatic heterocycles. The number of pyridine rings is 1. The van der Waals surface area contributed by atoms with Crippen LogP contribution in [-0.4, -0.2) is 49.3 Å². The molecule has 0 radical (unpaired) electrons. The Morgan fingerprint density at radius 2 is 2.00 bits per heavy atom. The van der Waals surface area contributed by atoms with E-state index in [1.54, 1.807) is 0 Å². The lowest BCUT2D eigenvalue weighted by molar-refractivity contribution is 0.0342. The van der Waals surface area contributed by atoms with Gasteiger partial charge in [0.15, 0.2) is 0 Å². The second-order valence-corrected chi connectivity index (χ2v) is 6.81. The standard InChI is InChI=1S/C22H30N4O/c1-2-19(15-23)22-8-9-24-16-20(22)7-10-25-21-5-3-18(4-6-21)17-26-11-13-27-14-12-26/h2-6,8-9,16,25H,7,10-15,17,23H2,1H3/b19-2+. The Bertz CT molecular complexity index is 736. The molecule has 1 fully saturated rings. The van der Waals surface area contributed by atoms with Crippen LogP contribution in [0.2, 0.25) is 0 Å². The highest BCUT2D eigenvalue weighted by molar-refractivity contribution is 5.68. The fourth-order valence-corrected chi connectivity index (χ4v) is 3.41. The molecule has 1 saturated heterocycles. The first-order valence-electron chi connectivity index (χ1n) is 9.71. The largest absolute Gasteiger partial charge is 0.385 e. The molecule has 27 heavy (non-hydrogen) atoms. The molecule has 0 spiro atoms. The maximum Gasteiger partial charge on any atom is 0.0594 e. The van der Waals surface area contributed by atoms with Gasteiger partial charge in [-0.1, -0.05) is 18.2 Å². The number of ether oxygens (including phenoxy) is 1. The highest BCUT2D eigenvalue weighted by atomic mass is 16.5. The van der Waals surface area contributed by atoms with Crippen molar-refractivity contribution in [3.63, 3.8) is 0 Å². The molecule has 0 amide bonds. The lowest BCUT2D eigenvalue weighted by atomic mass is 9.99. The molecule has 0 aliphatic carbocycles. The third-order valence-corrected chi connectivity index (χ3v) is 5.01. The maximum absolute atomic E-state index is 5.87. The first-order chi connectivity index (χ1) is 13.3. The monoisotopic (exact) mass is 366 g/mol. The summed E-state index contributed by atoms with van der Waals surface area (Å²) in [4.78, 5) is 6.72. The number of anilines is 1. The van der Waals surface area contributed by atoms with Crippen LogP contribution in [0.3, 0.4) is 0 Å². The number of aromatic nitrogens is 1. The number of rotatable bonds is 8. The Morgan fingerprint density at radius 1 is 1.22 bits per heavy atom. The third kappa shape index (κ3) is 5.63. The predicted octanol–water partition coefficient (Wildman–Crippen LogP) is 2.93. The Morgan fingerprint density at radius 3 is 2.70 bits per heavy atom. The summed E-state index contributed by atoms with van der Waals surface area (Å²) in [6.45, 7) is 8.16. The van der Waals surface area contributed by atoms with E-state index in [1.807, 2.05) is 19.3 Å². The van der Waals surface area contributed by atoms with Crippen LogP contribution in [0, 0.1) is 0 Å². The number of morpholine rings is 1. The minimum atomic E-state index is 0.547. The van der Waals surface area contributed by atoms with E-state index in [9.17, 15) is 0 Å². The molecule has 1 aromatic carbocycles. The molecule has 5 heteroatoms. The van der Waals surface area contributed by atoms with Crippen molar-refractivity contribution in [2.75, 3.05) is 44.7 Å². The highest BCUT2D eigenvalue weighted by Gasteiger charge is 2.10. The quantitative estimate of drug-likeness (QED) is 0.752. The zero-order valence-electron chi connectivity index (χ0n) is 16.2. The van der Waals surface area contributed by atoms with Crippen molar-refractivity contribution < 1.29 is 4.74 Å². The molecular formula is C22H30N4O. The number of nitrogens with one attached hydrogen (secondary N) is 1. The maximum atomic E-state index is 5.87. The van der Waals surface area contributed by atoms with E-state index in [2.05, 4.69) is 51.6 Å². The minimum Gasteiger partial charge on any atom is -0.385 e. The van der Waals surface area contributed by atoms with Gasteiger partial charge in [0, 0.05) is 50.8 Å². The fraction of sp³-hybridized carbons (Fsp3) is 0.409. The first kappa shape index (κ1) is 19.5. The topological polar surface area (TPSA) is 63.4 Å². The van der Waals surface area contributed by atoms with Gasteiger partial charge in [0.2, 0.25) is 0 Å². The van der Waals surface area contributed by atoms with E-state index in [-0.39, 0.29) is 0 Å². The number of allylic oxidation sites excluding steroid dienone is 1. The molecule has 5 nitrogen and oxygen atoms in total. The van der Waals surface area contributed by atoms with Crippen molar-refractivity contribution in [3.8, 4) is 0 Å². The van der Waals surface area contributed by atoms with Crippen LogP contribution in [0.15, 0.2) is 48.8 Å². The van der Waals surface area contributed by atoms with Gasteiger partial charge in [-0.05, 0) is 53.8 Å². The van der Waals surface area contributed by atoms with E-state index >= 15 is 0 Å². The van der Waals surface area contributed by atoms with Crippen molar-refractivity contribution in [3.05, 3.63) is 65.5 Å². The van der Waals surface area contributed by atoms with E-state index < -0.39 is 0 Å². The van der Waals surface area contributed by atoms with Gasteiger partial charge in [0.05, 0.1) is 13.2 Å². The van der Waals surface area contributed by atoms with Crippen LogP contribution in [0.4, 0.5) is 5.69 Å². The summed E-state index contributed by atoms with van der Waals surface area (Å²) < 4.78 is 5.41. The number of benzene rings is 1. The molecule has 0 bridgehead atoms. The SMILES string of the molecule is C/C=C(\CN)c1ccncc1CCNc1ccc(CN2CCOCC2)cc1. The van der Waals surface area contributed by atoms with Crippen molar-refractivity contribution >= 4 is 11.3 Å². The van der Waals surface area contributed by atoms with Crippen LogP contribution in [-0.2, 0) is 17.7 Å². The van der Waals surface area contributed by atoms with Crippen LogP contribution >= 0.6 is 0 Å². The van der Waals surface area contributed by atoms with Crippen molar-refractivity contribution in [1.82, 2.24) is 9.88 Å². The van der Waals surface area contributed by atoms with Crippen LogP contribution in [0.1, 0.15) is 23.6 Å². The van der Waals surface area contributed by atoms with E-state index in [1.165, 1.54) is 22.3 Å². The van der Waals surface area contributed by atoms with Crippen LogP contribution in [0.25, 0.3) is 5.57 Å². The van der Waals surface area contributed by atoms with E-state index in [0.717, 1.165) is 51.5 Å². The Labute approximate surface area is 162 Å². The molecule has 3 N–H and O–H groups in total. The smallest absolute Gasteiger partial charge is 0.0594 e. The van der Waals surface area contributed by atoms with E-state index in [0.29, 0.717) is 6.54 Å². The minimum absolute atomic E-state index is 0.547. The van der Waals surface area contributed by atoms with Crippen molar-refractivity contribution in [2.45, 2.75) is 19.9 Å². The molecule has 0 saturated carbocycles. The highest BCUT2D eigenvalue weighted by Crippen LogP contribution is 2.18. The average Bonchev–Trinajstić information content (AvgIpc) is 2.72. The Hall–Kier alpha value is -2.21. The van der Waals surface area contributed by atoms with Crippen molar-refractivity contribution in [2.24, 2.45) is 5.73 Å². The number of nitrogens with two attached hydrogens (primary N) is 1. The molecule has 3 rings (SSSR count). The molecule has 1 aliphatic rings. The molecular weight excluding hydrogens is 336 g/mol. The molecule has 2 heterocycles. The Balaban J connectivity index is 1.52. The second kappa shape index (κ2) is 10.2. The summed E-state index contributed by atoms with van der Waals surface area (Å²) in [5, 5.41) is 3.51. The third-order valence-electron chi connectivity index (χ3n) is 5.01. The van der Waals surface area contributed by atoms with Crippen molar-refractivity contribution in [1.29, 1.82) is 0 Å². The summed E-state index contributed by atoms with van der Waals surface area (Å²) in [6, 6.07) is 10.8. The van der Waals surface area contributed by atoms with Gasteiger partial charge in [-0.2, -0.15) is 0 Å². The lowest BCUT2D eigenvalue weighted by Gasteiger charge is -2.26. The van der Waals surface area contributed by atoms with Gasteiger partial charge in [-0.15, -0.1) is 0 Å². The van der Waals surface area contributed by atoms with Gasteiger partial charge in [0.25, 0.3) is 0 Å². The van der Waals surface area contributed by atoms with Gasteiger partial charge < -0.3 is 15.8 Å². The summed E-state index contributed by atoms with van der Waals surface area (Å²) in [7, 11) is 0.